The molecule has 4 rings (SSSR count). The van der Waals surface area contributed by atoms with Crippen molar-refractivity contribution in [3.8, 4) is 0 Å². The molecule has 3 aromatic rings. The van der Waals surface area contributed by atoms with E-state index in [4.69, 9.17) is 0 Å². The molecule has 1 fully saturated rings. The summed E-state index contributed by atoms with van der Waals surface area (Å²) in [7, 11) is 0. The van der Waals surface area contributed by atoms with Crippen LogP contribution in [-0.4, -0.2) is 45.4 Å². The Hall–Kier alpha value is -2.85. The summed E-state index contributed by atoms with van der Waals surface area (Å²) < 4.78 is 2.16. The second-order valence-corrected chi connectivity index (χ2v) is 9.74. The molecule has 10 heteroatoms. The van der Waals surface area contributed by atoms with E-state index in [0.29, 0.717) is 11.6 Å². The van der Waals surface area contributed by atoms with Gasteiger partial charge in [-0.05, 0) is 62.4 Å². The van der Waals surface area contributed by atoms with Crippen LogP contribution in [0.25, 0.3) is 0 Å². The number of carbonyl (C=O) groups is 2. The Balaban J connectivity index is 1.28. The summed E-state index contributed by atoms with van der Waals surface area (Å²) in [6, 6.07) is 11.9. The monoisotopic (exact) mass is 484 g/mol. The normalized spacial score (nSPS) is 13.0. The molecule has 2 N–H and O–H groups in total. The Labute approximate surface area is 201 Å². The van der Waals surface area contributed by atoms with E-state index < -0.39 is 0 Å². The van der Waals surface area contributed by atoms with Gasteiger partial charge in [-0.1, -0.05) is 17.8 Å². The number of anilines is 1. The molecule has 0 radical (unpaired) electrons. The summed E-state index contributed by atoms with van der Waals surface area (Å²) in [6.45, 7) is 5.99. The second-order valence-electron chi connectivity index (χ2n) is 7.77. The summed E-state index contributed by atoms with van der Waals surface area (Å²) >= 11 is 3.04. The van der Waals surface area contributed by atoms with Gasteiger partial charge in [-0.15, -0.1) is 21.5 Å². The average molecular weight is 485 g/mol. The standard InChI is InChI=1S/C23H28N6O2S2/c1-3-28(4-2)17-9-7-16(8-10-17)22(31)26-25-21(30)15-33-23-27-24-20(29(23)18-11-12-18)14-19-6-5-13-32-19/h5-10,13,18H,3-4,11-12,14-15H2,1-2H3,(H,25,30)(H,26,31). The van der Waals surface area contributed by atoms with E-state index in [1.54, 1.807) is 23.5 Å². The topological polar surface area (TPSA) is 92.2 Å². The van der Waals surface area contributed by atoms with E-state index in [9.17, 15) is 9.59 Å². The van der Waals surface area contributed by atoms with Crippen molar-refractivity contribution >= 4 is 40.6 Å². The van der Waals surface area contributed by atoms with Gasteiger partial charge in [-0.2, -0.15) is 0 Å². The van der Waals surface area contributed by atoms with E-state index in [0.717, 1.165) is 49.0 Å². The maximum Gasteiger partial charge on any atom is 0.269 e. The van der Waals surface area contributed by atoms with Crippen molar-refractivity contribution in [2.75, 3.05) is 23.7 Å². The van der Waals surface area contributed by atoms with Crippen LogP contribution in [0.15, 0.2) is 46.9 Å². The molecular weight excluding hydrogens is 456 g/mol. The van der Waals surface area contributed by atoms with Gasteiger partial charge >= 0.3 is 0 Å². The Morgan fingerprint density at radius 3 is 2.52 bits per heavy atom. The number of carbonyl (C=O) groups excluding carboxylic acids is 2. The van der Waals surface area contributed by atoms with Crippen molar-refractivity contribution in [2.45, 2.75) is 44.3 Å². The first-order valence-electron chi connectivity index (χ1n) is 11.1. The molecule has 0 atom stereocenters. The molecule has 2 heterocycles. The van der Waals surface area contributed by atoms with Crippen LogP contribution in [0.4, 0.5) is 5.69 Å². The van der Waals surface area contributed by atoms with Crippen LogP contribution in [0.3, 0.4) is 0 Å². The molecule has 0 saturated heterocycles. The van der Waals surface area contributed by atoms with Crippen LogP contribution < -0.4 is 15.8 Å². The van der Waals surface area contributed by atoms with Crippen molar-refractivity contribution in [3.05, 3.63) is 58.0 Å². The smallest absolute Gasteiger partial charge is 0.269 e. The Morgan fingerprint density at radius 1 is 1.12 bits per heavy atom. The number of hydrazine groups is 1. The van der Waals surface area contributed by atoms with Crippen LogP contribution in [0.5, 0.6) is 0 Å². The van der Waals surface area contributed by atoms with Gasteiger partial charge in [0.1, 0.15) is 5.82 Å². The lowest BCUT2D eigenvalue weighted by molar-refractivity contribution is -0.119. The van der Waals surface area contributed by atoms with Gasteiger partial charge in [-0.3, -0.25) is 20.4 Å². The van der Waals surface area contributed by atoms with Gasteiger partial charge in [0.25, 0.3) is 5.91 Å². The molecule has 0 bridgehead atoms. The first-order valence-corrected chi connectivity index (χ1v) is 13.0. The fraction of sp³-hybridized carbons (Fsp3) is 0.391. The highest BCUT2D eigenvalue weighted by Crippen LogP contribution is 2.39. The minimum absolute atomic E-state index is 0.144. The Morgan fingerprint density at radius 2 is 1.88 bits per heavy atom. The number of benzene rings is 1. The summed E-state index contributed by atoms with van der Waals surface area (Å²) in [5.41, 5.74) is 6.54. The third-order valence-corrected chi connectivity index (χ3v) is 7.28. The number of hydrogen-bond acceptors (Lipinski definition) is 7. The lowest BCUT2D eigenvalue weighted by Gasteiger charge is -2.21. The number of nitrogens with one attached hydrogen (secondary N) is 2. The van der Waals surface area contributed by atoms with Gasteiger partial charge in [0.2, 0.25) is 5.91 Å². The molecule has 1 saturated carbocycles. The molecule has 0 spiro atoms. The van der Waals surface area contributed by atoms with Gasteiger partial charge < -0.3 is 9.47 Å². The molecule has 1 aliphatic rings. The average Bonchev–Trinajstić information content (AvgIpc) is 3.39. The van der Waals surface area contributed by atoms with E-state index >= 15 is 0 Å². The van der Waals surface area contributed by atoms with E-state index in [-0.39, 0.29) is 17.6 Å². The number of hydrogen-bond donors (Lipinski definition) is 2. The lowest BCUT2D eigenvalue weighted by Crippen LogP contribution is -2.42. The zero-order valence-corrected chi connectivity index (χ0v) is 20.4. The molecule has 174 valence electrons. The predicted molar refractivity (Wildman–Crippen MR) is 132 cm³/mol. The molecule has 0 aliphatic heterocycles. The summed E-state index contributed by atoms with van der Waals surface area (Å²) in [4.78, 5) is 28.1. The van der Waals surface area contributed by atoms with Crippen molar-refractivity contribution < 1.29 is 9.59 Å². The van der Waals surface area contributed by atoms with Gasteiger partial charge in [0, 0.05) is 41.7 Å². The van der Waals surface area contributed by atoms with E-state index in [2.05, 4.69) is 55.8 Å². The number of nitrogens with zero attached hydrogens (tertiary/aromatic N) is 4. The molecular formula is C23H28N6O2S2. The Bertz CT molecular complexity index is 1070. The SMILES string of the molecule is CCN(CC)c1ccc(C(=O)NNC(=O)CSc2nnc(Cc3cccs3)n2C2CC2)cc1. The minimum atomic E-state index is -0.348. The highest BCUT2D eigenvalue weighted by Gasteiger charge is 2.30. The van der Waals surface area contributed by atoms with E-state index in [1.807, 2.05) is 18.2 Å². The van der Waals surface area contributed by atoms with Gasteiger partial charge in [-0.25, -0.2) is 0 Å². The van der Waals surface area contributed by atoms with E-state index in [1.165, 1.54) is 16.6 Å². The summed E-state index contributed by atoms with van der Waals surface area (Å²) in [5.74, 6) is 0.437. The van der Waals surface area contributed by atoms with Crippen LogP contribution in [0.1, 0.15) is 53.8 Å². The third kappa shape index (κ3) is 5.94. The van der Waals surface area contributed by atoms with Crippen LogP contribution in [0.2, 0.25) is 0 Å². The quantitative estimate of drug-likeness (QED) is 0.337. The molecule has 33 heavy (non-hydrogen) atoms. The van der Waals surface area contributed by atoms with Gasteiger partial charge in [0.15, 0.2) is 5.16 Å². The zero-order valence-electron chi connectivity index (χ0n) is 18.8. The lowest BCUT2D eigenvalue weighted by atomic mass is 10.2. The number of thiophene rings is 1. The molecule has 2 aromatic heterocycles. The molecule has 0 unspecified atom stereocenters. The minimum Gasteiger partial charge on any atom is -0.372 e. The highest BCUT2D eigenvalue weighted by molar-refractivity contribution is 7.99. The Kier molecular flexibility index (Phi) is 7.66. The number of rotatable bonds is 10. The van der Waals surface area contributed by atoms with Crippen molar-refractivity contribution in [3.63, 3.8) is 0 Å². The zero-order chi connectivity index (χ0) is 23.2. The largest absolute Gasteiger partial charge is 0.372 e. The first kappa shape index (κ1) is 23.3. The predicted octanol–water partition coefficient (Wildman–Crippen LogP) is 3.66. The maximum atomic E-state index is 12.4. The molecule has 1 aromatic carbocycles. The highest BCUT2D eigenvalue weighted by atomic mass is 32.2. The van der Waals surface area contributed by atoms with Crippen LogP contribution in [-0.2, 0) is 11.2 Å². The molecule has 8 nitrogen and oxygen atoms in total. The number of thioether (sulfide) groups is 1. The third-order valence-electron chi connectivity index (χ3n) is 5.47. The van der Waals surface area contributed by atoms with Crippen LogP contribution >= 0.6 is 23.1 Å². The maximum absolute atomic E-state index is 12.4. The summed E-state index contributed by atoms with van der Waals surface area (Å²) in [5, 5.41) is 11.5. The van der Waals surface area contributed by atoms with Crippen molar-refractivity contribution in [1.29, 1.82) is 0 Å². The van der Waals surface area contributed by atoms with Crippen molar-refractivity contribution in [1.82, 2.24) is 25.6 Å². The first-order chi connectivity index (χ1) is 16.1. The fourth-order valence-electron chi connectivity index (χ4n) is 3.57. The van der Waals surface area contributed by atoms with Crippen LogP contribution in [0, 0.1) is 0 Å². The number of amides is 2. The number of aromatic nitrogens is 3. The summed E-state index contributed by atoms with van der Waals surface area (Å²) in [6.07, 6.45) is 2.97. The fourth-order valence-corrected chi connectivity index (χ4v) is 5.10. The molecule has 1 aliphatic carbocycles. The molecule has 2 amide bonds. The van der Waals surface area contributed by atoms with Gasteiger partial charge in [0.05, 0.1) is 5.75 Å². The second kappa shape index (κ2) is 10.8. The van der Waals surface area contributed by atoms with Crippen molar-refractivity contribution in [2.24, 2.45) is 0 Å².